The molecular formula is C9H9BrO. The van der Waals surface area contributed by atoms with E-state index in [1.807, 2.05) is 0 Å². The van der Waals surface area contributed by atoms with Crippen LogP contribution >= 0.6 is 15.9 Å². The molecule has 0 N–H and O–H groups in total. The number of aryl methyl sites for hydroxylation is 1. The number of fused-ring (bicyclic) bond motifs is 1. The molecule has 0 atom stereocenters. The van der Waals surface area contributed by atoms with Crippen LogP contribution in [-0.4, -0.2) is 6.61 Å². The molecule has 0 unspecified atom stereocenters. The third-order valence-corrected chi connectivity index (χ3v) is 2.74. The number of halogens is 1. The zero-order valence-corrected chi connectivity index (χ0v) is 7.94. The minimum absolute atomic E-state index is 0.832. The van der Waals surface area contributed by atoms with E-state index in [1.54, 1.807) is 0 Å². The maximum absolute atomic E-state index is 5.48. The van der Waals surface area contributed by atoms with E-state index in [-0.39, 0.29) is 0 Å². The van der Waals surface area contributed by atoms with Crippen LogP contribution in [0, 0.1) is 6.92 Å². The van der Waals surface area contributed by atoms with Gasteiger partial charge in [-0.15, -0.1) is 0 Å². The summed E-state index contributed by atoms with van der Waals surface area (Å²) in [6.07, 6.45) is 1.04. The molecule has 2 heteroatoms. The number of ether oxygens (including phenoxy) is 1. The molecule has 0 amide bonds. The molecule has 1 aliphatic heterocycles. The Hall–Kier alpha value is -0.500. The average Bonchev–Trinajstić information content (AvgIpc) is 2.45. The molecule has 1 aromatic carbocycles. The zero-order valence-electron chi connectivity index (χ0n) is 6.36. The van der Waals surface area contributed by atoms with E-state index in [1.165, 1.54) is 15.6 Å². The summed E-state index contributed by atoms with van der Waals surface area (Å²) in [5.41, 5.74) is 2.56. The summed E-state index contributed by atoms with van der Waals surface area (Å²) in [5, 5.41) is 0. The summed E-state index contributed by atoms with van der Waals surface area (Å²) >= 11 is 3.50. The van der Waals surface area contributed by atoms with Gasteiger partial charge in [0.05, 0.1) is 6.61 Å². The van der Waals surface area contributed by atoms with E-state index in [0.29, 0.717) is 0 Å². The molecule has 0 radical (unpaired) electrons. The van der Waals surface area contributed by atoms with Crippen LogP contribution in [0.2, 0.25) is 0 Å². The second-order valence-corrected chi connectivity index (χ2v) is 3.62. The molecular weight excluding hydrogens is 204 g/mol. The standard InChI is InChI=1S/C9H9BrO/c1-6-2-3-8(10)7-4-5-11-9(6)7/h2-3H,4-5H2,1H3. The van der Waals surface area contributed by atoms with Crippen LogP contribution < -0.4 is 4.74 Å². The van der Waals surface area contributed by atoms with Gasteiger partial charge in [0.2, 0.25) is 0 Å². The van der Waals surface area contributed by atoms with Gasteiger partial charge in [0.1, 0.15) is 5.75 Å². The number of hydrogen-bond acceptors (Lipinski definition) is 1. The lowest BCUT2D eigenvalue weighted by Crippen LogP contribution is -1.87. The van der Waals surface area contributed by atoms with Crippen molar-refractivity contribution in [1.82, 2.24) is 0 Å². The largest absolute Gasteiger partial charge is 0.493 e. The highest BCUT2D eigenvalue weighted by Gasteiger charge is 2.16. The Labute approximate surface area is 74.5 Å². The number of benzene rings is 1. The Bertz CT molecular complexity index is 265. The highest BCUT2D eigenvalue weighted by Crippen LogP contribution is 2.34. The van der Waals surface area contributed by atoms with Crippen LogP contribution in [0.5, 0.6) is 5.75 Å². The number of rotatable bonds is 0. The van der Waals surface area contributed by atoms with Crippen molar-refractivity contribution in [3.63, 3.8) is 0 Å². The van der Waals surface area contributed by atoms with E-state index in [2.05, 4.69) is 35.0 Å². The van der Waals surface area contributed by atoms with Gasteiger partial charge >= 0.3 is 0 Å². The van der Waals surface area contributed by atoms with Gasteiger partial charge in [-0.1, -0.05) is 22.0 Å². The molecule has 0 bridgehead atoms. The normalized spacial score (nSPS) is 14.4. The van der Waals surface area contributed by atoms with Crippen LogP contribution in [-0.2, 0) is 6.42 Å². The molecule has 0 saturated heterocycles. The zero-order chi connectivity index (χ0) is 7.84. The minimum Gasteiger partial charge on any atom is -0.493 e. The van der Waals surface area contributed by atoms with Crippen molar-refractivity contribution in [2.24, 2.45) is 0 Å². The smallest absolute Gasteiger partial charge is 0.126 e. The maximum Gasteiger partial charge on any atom is 0.126 e. The van der Waals surface area contributed by atoms with Crippen molar-refractivity contribution in [2.75, 3.05) is 6.61 Å². The first-order valence-corrected chi connectivity index (χ1v) is 4.49. The first-order chi connectivity index (χ1) is 5.29. The minimum atomic E-state index is 0.832. The van der Waals surface area contributed by atoms with E-state index < -0.39 is 0 Å². The molecule has 58 valence electrons. The second-order valence-electron chi connectivity index (χ2n) is 2.77. The van der Waals surface area contributed by atoms with Gasteiger partial charge in [-0.25, -0.2) is 0 Å². The fraction of sp³-hybridized carbons (Fsp3) is 0.333. The molecule has 1 aromatic rings. The summed E-state index contributed by atoms with van der Waals surface area (Å²) in [5.74, 6) is 1.08. The van der Waals surface area contributed by atoms with Crippen molar-refractivity contribution in [2.45, 2.75) is 13.3 Å². The lowest BCUT2D eigenvalue weighted by molar-refractivity contribution is 0.354. The van der Waals surface area contributed by atoms with Crippen LogP contribution in [0.1, 0.15) is 11.1 Å². The Morgan fingerprint density at radius 1 is 1.45 bits per heavy atom. The van der Waals surface area contributed by atoms with Crippen molar-refractivity contribution in [1.29, 1.82) is 0 Å². The summed E-state index contributed by atoms with van der Waals surface area (Å²) in [6, 6.07) is 4.16. The molecule has 1 nitrogen and oxygen atoms in total. The first kappa shape index (κ1) is 7.17. The monoisotopic (exact) mass is 212 g/mol. The van der Waals surface area contributed by atoms with E-state index in [0.717, 1.165) is 18.8 Å². The quantitative estimate of drug-likeness (QED) is 0.643. The molecule has 1 heterocycles. The van der Waals surface area contributed by atoms with Crippen LogP contribution in [0.25, 0.3) is 0 Å². The maximum atomic E-state index is 5.48. The Balaban J connectivity index is 2.64. The molecule has 0 aliphatic carbocycles. The first-order valence-electron chi connectivity index (χ1n) is 3.70. The SMILES string of the molecule is Cc1ccc(Br)c2c1OCC2. The Morgan fingerprint density at radius 2 is 2.27 bits per heavy atom. The summed E-state index contributed by atoms with van der Waals surface area (Å²) in [6.45, 7) is 2.91. The van der Waals surface area contributed by atoms with Crippen LogP contribution in [0.4, 0.5) is 0 Å². The second kappa shape index (κ2) is 2.52. The van der Waals surface area contributed by atoms with Gasteiger partial charge < -0.3 is 4.74 Å². The topological polar surface area (TPSA) is 9.23 Å². The van der Waals surface area contributed by atoms with Crippen molar-refractivity contribution < 1.29 is 4.74 Å². The lowest BCUT2D eigenvalue weighted by atomic mass is 10.1. The van der Waals surface area contributed by atoms with Gasteiger partial charge in [0.25, 0.3) is 0 Å². The van der Waals surface area contributed by atoms with E-state index >= 15 is 0 Å². The van der Waals surface area contributed by atoms with Gasteiger partial charge in [-0.05, 0) is 18.6 Å². The predicted molar refractivity (Wildman–Crippen MR) is 48.1 cm³/mol. The third kappa shape index (κ3) is 1.06. The van der Waals surface area contributed by atoms with Crippen LogP contribution in [0.3, 0.4) is 0 Å². The van der Waals surface area contributed by atoms with Crippen LogP contribution in [0.15, 0.2) is 16.6 Å². The molecule has 0 saturated carbocycles. The third-order valence-electron chi connectivity index (χ3n) is 2.00. The van der Waals surface area contributed by atoms with Crippen molar-refractivity contribution in [3.05, 3.63) is 27.7 Å². The van der Waals surface area contributed by atoms with Gasteiger partial charge in [-0.2, -0.15) is 0 Å². The van der Waals surface area contributed by atoms with Gasteiger partial charge in [0, 0.05) is 16.5 Å². The molecule has 11 heavy (non-hydrogen) atoms. The highest BCUT2D eigenvalue weighted by molar-refractivity contribution is 9.10. The predicted octanol–water partition coefficient (Wildman–Crippen LogP) is 2.69. The molecule has 2 rings (SSSR count). The highest BCUT2D eigenvalue weighted by atomic mass is 79.9. The average molecular weight is 213 g/mol. The molecule has 0 aromatic heterocycles. The lowest BCUT2D eigenvalue weighted by Gasteiger charge is -2.03. The van der Waals surface area contributed by atoms with Crippen molar-refractivity contribution >= 4 is 15.9 Å². The molecule has 1 aliphatic rings. The van der Waals surface area contributed by atoms with E-state index in [9.17, 15) is 0 Å². The van der Waals surface area contributed by atoms with Gasteiger partial charge in [0.15, 0.2) is 0 Å². The molecule has 0 spiro atoms. The van der Waals surface area contributed by atoms with Gasteiger partial charge in [-0.3, -0.25) is 0 Å². The summed E-state index contributed by atoms with van der Waals surface area (Å²) in [4.78, 5) is 0. The number of hydrogen-bond donors (Lipinski definition) is 0. The fourth-order valence-corrected chi connectivity index (χ4v) is 1.92. The fourth-order valence-electron chi connectivity index (χ4n) is 1.41. The Morgan fingerprint density at radius 3 is 3.00 bits per heavy atom. The van der Waals surface area contributed by atoms with E-state index in [4.69, 9.17) is 4.74 Å². The van der Waals surface area contributed by atoms with Crippen molar-refractivity contribution in [3.8, 4) is 5.75 Å². The summed E-state index contributed by atoms with van der Waals surface area (Å²) in [7, 11) is 0. The molecule has 0 fully saturated rings. The Kier molecular flexibility index (Phi) is 1.64. The summed E-state index contributed by atoms with van der Waals surface area (Å²) < 4.78 is 6.66.